The quantitative estimate of drug-likeness (QED) is 0.643. The number of aliphatic imine (C=N–C) groups is 1. The topological polar surface area (TPSA) is 108 Å². The number of fused-ring (bicyclic) bond motifs is 2. The van der Waals surface area contributed by atoms with E-state index in [4.69, 9.17) is 24.4 Å². The number of aromatic nitrogens is 2. The van der Waals surface area contributed by atoms with Gasteiger partial charge in [0.15, 0.2) is 0 Å². The molecule has 0 saturated heterocycles. The van der Waals surface area contributed by atoms with Crippen molar-refractivity contribution in [3.05, 3.63) is 53.4 Å². The van der Waals surface area contributed by atoms with Gasteiger partial charge in [-0.3, -0.25) is 4.90 Å². The number of ether oxygens (including phenoxy) is 3. The molecule has 32 heavy (non-hydrogen) atoms. The lowest BCUT2D eigenvalue weighted by Gasteiger charge is -2.28. The third kappa shape index (κ3) is 3.33. The van der Waals surface area contributed by atoms with Crippen LogP contribution in [-0.4, -0.2) is 29.9 Å². The van der Waals surface area contributed by atoms with Crippen LogP contribution in [0.25, 0.3) is 0 Å². The van der Waals surface area contributed by atoms with Crippen molar-refractivity contribution in [3.63, 3.8) is 0 Å². The van der Waals surface area contributed by atoms with Crippen LogP contribution in [0.5, 0.6) is 11.5 Å². The highest BCUT2D eigenvalue weighted by Gasteiger charge is 2.41. The van der Waals surface area contributed by atoms with E-state index in [0.717, 1.165) is 0 Å². The van der Waals surface area contributed by atoms with E-state index in [2.05, 4.69) is 15.2 Å². The van der Waals surface area contributed by atoms with Gasteiger partial charge in [-0.15, -0.1) is 5.10 Å². The van der Waals surface area contributed by atoms with E-state index in [0.29, 0.717) is 34.0 Å². The van der Waals surface area contributed by atoms with Crippen molar-refractivity contribution in [1.82, 2.24) is 10.2 Å². The zero-order chi connectivity index (χ0) is 22.5. The fraction of sp³-hybridized carbons (Fsp3) is 0.250. The predicted molar refractivity (Wildman–Crippen MR) is 105 cm³/mol. The molecule has 0 fully saturated rings. The van der Waals surface area contributed by atoms with Gasteiger partial charge in [0.2, 0.25) is 0 Å². The average Bonchev–Trinajstić information content (AvgIpc) is 3.42. The van der Waals surface area contributed by atoms with Crippen molar-refractivity contribution in [2.75, 3.05) is 18.6 Å². The lowest BCUT2D eigenvalue weighted by Crippen LogP contribution is -2.26. The molecule has 2 aromatic carbocycles. The number of alkyl halides is 3. The van der Waals surface area contributed by atoms with Crippen LogP contribution in [-0.2, 0) is 17.5 Å². The van der Waals surface area contributed by atoms with Crippen molar-refractivity contribution in [2.45, 2.75) is 18.8 Å². The molecule has 12 heteroatoms. The van der Waals surface area contributed by atoms with Gasteiger partial charge in [-0.2, -0.15) is 18.2 Å². The number of amidine groups is 1. The van der Waals surface area contributed by atoms with Crippen LogP contribution in [0, 0.1) is 0 Å². The number of halogens is 3. The molecule has 2 N–H and O–H groups in total. The predicted octanol–water partition coefficient (Wildman–Crippen LogP) is 3.85. The third-order valence-corrected chi connectivity index (χ3v) is 5.10. The first-order chi connectivity index (χ1) is 15.3. The van der Waals surface area contributed by atoms with Crippen LogP contribution in [0.15, 0.2) is 45.8 Å². The van der Waals surface area contributed by atoms with Gasteiger partial charge >= 0.3 is 18.1 Å². The molecule has 0 spiro atoms. The summed E-state index contributed by atoms with van der Waals surface area (Å²) in [5, 5.41) is 6.85. The van der Waals surface area contributed by atoms with E-state index in [-0.39, 0.29) is 25.3 Å². The molecule has 9 nitrogen and oxygen atoms in total. The summed E-state index contributed by atoms with van der Waals surface area (Å²) in [5.74, 6) is -0.381. The Morgan fingerprint density at radius 2 is 2.00 bits per heavy atom. The number of benzene rings is 2. The summed E-state index contributed by atoms with van der Waals surface area (Å²) < 4.78 is 61.0. The molecule has 3 heterocycles. The number of nitrogens with zero attached hydrogens (tertiary/aromatic N) is 4. The van der Waals surface area contributed by atoms with Crippen molar-refractivity contribution in [2.24, 2.45) is 10.7 Å². The molecule has 166 valence electrons. The molecule has 0 amide bonds. The van der Waals surface area contributed by atoms with E-state index in [1.807, 2.05) is 0 Å². The van der Waals surface area contributed by atoms with Crippen molar-refractivity contribution in [3.8, 4) is 11.5 Å². The Morgan fingerprint density at radius 1 is 1.16 bits per heavy atom. The third-order valence-electron chi connectivity index (χ3n) is 5.10. The Hall–Kier alpha value is -3.96. The molecular weight excluding hydrogens is 431 g/mol. The largest absolute Gasteiger partial charge is 0.496 e. The number of hydrogen-bond acceptors (Lipinski definition) is 9. The molecule has 0 bridgehead atoms. The SMILES string of the molecule is COc1cccc2c1C(N(c1ccc3c(c1)COC(N)=N3)c1nnc(C(F)(F)F)o1)CO2. The van der Waals surface area contributed by atoms with E-state index in [1.165, 1.54) is 12.0 Å². The number of rotatable bonds is 4. The lowest BCUT2D eigenvalue weighted by molar-refractivity contribution is -0.157. The van der Waals surface area contributed by atoms with Crippen LogP contribution < -0.4 is 20.1 Å². The molecular formula is C20H16F3N5O4. The molecule has 1 aromatic heterocycles. The van der Waals surface area contributed by atoms with Crippen LogP contribution in [0.1, 0.15) is 23.1 Å². The van der Waals surface area contributed by atoms with Gasteiger partial charge in [0, 0.05) is 11.3 Å². The fourth-order valence-corrected chi connectivity index (χ4v) is 3.71. The van der Waals surface area contributed by atoms with Gasteiger partial charge in [-0.05, 0) is 30.3 Å². The van der Waals surface area contributed by atoms with Crippen molar-refractivity contribution >= 4 is 23.4 Å². The van der Waals surface area contributed by atoms with E-state index < -0.39 is 18.1 Å². The first kappa shape index (κ1) is 20.0. The molecule has 2 aliphatic rings. The van der Waals surface area contributed by atoms with Gasteiger partial charge in [0.1, 0.15) is 30.8 Å². The molecule has 0 saturated carbocycles. The van der Waals surface area contributed by atoms with Crippen LogP contribution in [0.4, 0.5) is 30.6 Å². The summed E-state index contributed by atoms with van der Waals surface area (Å²) in [5.41, 5.74) is 8.03. The Bertz CT molecular complexity index is 1210. The smallest absolute Gasteiger partial charge is 0.470 e. The first-order valence-corrected chi connectivity index (χ1v) is 9.44. The van der Waals surface area contributed by atoms with E-state index >= 15 is 0 Å². The zero-order valence-corrected chi connectivity index (χ0v) is 16.6. The summed E-state index contributed by atoms with van der Waals surface area (Å²) in [6, 6.07) is 9.43. The normalized spacial score (nSPS) is 17.0. The van der Waals surface area contributed by atoms with Crippen LogP contribution in [0.2, 0.25) is 0 Å². The number of hydrogen-bond donors (Lipinski definition) is 1. The monoisotopic (exact) mass is 447 g/mol. The van der Waals surface area contributed by atoms with Crippen molar-refractivity contribution < 1.29 is 31.8 Å². The summed E-state index contributed by atoms with van der Waals surface area (Å²) >= 11 is 0. The maximum atomic E-state index is 13.2. The Balaban J connectivity index is 1.65. The molecule has 5 rings (SSSR count). The average molecular weight is 447 g/mol. The second-order valence-corrected chi connectivity index (χ2v) is 7.01. The van der Waals surface area contributed by atoms with Crippen molar-refractivity contribution in [1.29, 1.82) is 0 Å². The summed E-state index contributed by atoms with van der Waals surface area (Å²) in [6.07, 6.45) is -4.78. The molecule has 0 aliphatic carbocycles. The van der Waals surface area contributed by atoms with Gasteiger partial charge in [-0.1, -0.05) is 11.2 Å². The Morgan fingerprint density at radius 3 is 2.75 bits per heavy atom. The van der Waals surface area contributed by atoms with Crippen LogP contribution >= 0.6 is 0 Å². The minimum absolute atomic E-state index is 0.0386. The number of anilines is 2. The summed E-state index contributed by atoms with van der Waals surface area (Å²) in [6.45, 7) is 0.281. The van der Waals surface area contributed by atoms with Gasteiger partial charge in [-0.25, -0.2) is 0 Å². The number of methoxy groups -OCH3 is 1. The minimum Gasteiger partial charge on any atom is -0.496 e. The summed E-state index contributed by atoms with van der Waals surface area (Å²) in [7, 11) is 1.50. The second kappa shape index (κ2) is 7.32. The molecule has 3 aromatic rings. The van der Waals surface area contributed by atoms with E-state index in [1.54, 1.807) is 36.4 Å². The van der Waals surface area contributed by atoms with Gasteiger partial charge in [0.05, 0.1) is 18.4 Å². The summed E-state index contributed by atoms with van der Waals surface area (Å²) in [4.78, 5) is 5.61. The van der Waals surface area contributed by atoms with Gasteiger partial charge in [0.25, 0.3) is 6.02 Å². The van der Waals surface area contributed by atoms with Crippen LogP contribution in [0.3, 0.4) is 0 Å². The maximum Gasteiger partial charge on any atom is 0.470 e. The highest BCUT2D eigenvalue weighted by atomic mass is 19.4. The maximum absolute atomic E-state index is 13.2. The highest BCUT2D eigenvalue weighted by Crippen LogP contribution is 2.47. The minimum atomic E-state index is -4.78. The van der Waals surface area contributed by atoms with Gasteiger partial charge < -0.3 is 24.4 Å². The standard InChI is InChI=1S/C20H16F3N5O4/c1-29-14-3-2-4-15-16(14)13(9-30-15)28(19-27-26-17(32-19)20(21,22)23)11-5-6-12-10(7-11)8-31-18(24)25-12/h2-7,13H,8-9H2,1H3,(H2,24,25). The fourth-order valence-electron chi connectivity index (χ4n) is 3.71. The lowest BCUT2D eigenvalue weighted by atomic mass is 10.0. The Kier molecular flexibility index (Phi) is 4.57. The first-order valence-electron chi connectivity index (χ1n) is 9.44. The molecule has 1 atom stereocenters. The molecule has 1 unspecified atom stereocenters. The van der Waals surface area contributed by atoms with E-state index in [9.17, 15) is 13.2 Å². The second-order valence-electron chi connectivity index (χ2n) is 7.01. The highest BCUT2D eigenvalue weighted by molar-refractivity contribution is 5.79. The molecule has 0 radical (unpaired) electrons. The zero-order valence-electron chi connectivity index (χ0n) is 16.6. The molecule has 2 aliphatic heterocycles. The number of nitrogens with two attached hydrogens (primary N) is 1. The Labute approximate surface area is 179 Å².